The highest BCUT2D eigenvalue weighted by Gasteiger charge is 2.30. The number of aryl methyl sites for hydroxylation is 1. The summed E-state index contributed by atoms with van der Waals surface area (Å²) in [6.07, 6.45) is 6.23. The van der Waals surface area contributed by atoms with E-state index < -0.39 is 0 Å². The van der Waals surface area contributed by atoms with Crippen LogP contribution in [0.1, 0.15) is 63.3 Å². The fourth-order valence-electron chi connectivity index (χ4n) is 6.08. The van der Waals surface area contributed by atoms with E-state index in [1.54, 1.807) is 0 Å². The van der Waals surface area contributed by atoms with Crippen molar-refractivity contribution in [2.24, 2.45) is 11.3 Å². The van der Waals surface area contributed by atoms with Crippen molar-refractivity contribution in [1.82, 2.24) is 4.98 Å². The number of halogens is 1. The van der Waals surface area contributed by atoms with Gasteiger partial charge in [-0.25, -0.2) is 9.37 Å². The zero-order valence-corrected chi connectivity index (χ0v) is 25.3. The predicted octanol–water partition coefficient (Wildman–Crippen LogP) is 7.84. The molecule has 41 heavy (non-hydrogen) atoms. The quantitative estimate of drug-likeness (QED) is 0.274. The maximum absolute atomic E-state index is 13.2. The van der Waals surface area contributed by atoms with E-state index in [-0.39, 0.29) is 5.82 Å². The van der Waals surface area contributed by atoms with Gasteiger partial charge in [-0.1, -0.05) is 45.0 Å². The standard InChI is InChI=1S/C35H46FN3O2/c1-5-31-25(2)38-34(37-24-27-14-21-40-22-15-27)32(33(31)39-19-17-35(3,4)18-20-39)28-8-12-30(13-9-28)41-23-16-26-6-10-29(36)11-7-26/h6-13,27H,5,14-24H2,1-4H3,(H,37,38). The molecule has 0 radical (unpaired) electrons. The van der Waals surface area contributed by atoms with Crippen LogP contribution in [-0.2, 0) is 17.6 Å². The zero-order valence-electron chi connectivity index (χ0n) is 25.3. The number of piperidine rings is 1. The molecule has 220 valence electrons. The Labute approximate surface area is 245 Å². The zero-order chi connectivity index (χ0) is 28.8. The van der Waals surface area contributed by atoms with Crippen LogP contribution in [0.3, 0.4) is 0 Å². The number of anilines is 2. The van der Waals surface area contributed by atoms with Crippen LogP contribution < -0.4 is 15.0 Å². The van der Waals surface area contributed by atoms with E-state index in [2.05, 4.69) is 62.2 Å². The summed E-state index contributed by atoms with van der Waals surface area (Å²) >= 11 is 0. The van der Waals surface area contributed by atoms with Crippen LogP contribution in [0.2, 0.25) is 0 Å². The van der Waals surface area contributed by atoms with Gasteiger partial charge in [0.15, 0.2) is 0 Å². The highest BCUT2D eigenvalue weighted by atomic mass is 19.1. The summed E-state index contributed by atoms with van der Waals surface area (Å²) in [7, 11) is 0. The van der Waals surface area contributed by atoms with Gasteiger partial charge in [-0.15, -0.1) is 0 Å². The lowest BCUT2D eigenvalue weighted by Gasteiger charge is -2.40. The van der Waals surface area contributed by atoms with Crippen molar-refractivity contribution in [3.63, 3.8) is 0 Å². The van der Waals surface area contributed by atoms with E-state index in [0.29, 0.717) is 17.9 Å². The summed E-state index contributed by atoms with van der Waals surface area (Å²) in [4.78, 5) is 7.79. The molecule has 1 N–H and O–H groups in total. The molecule has 0 unspecified atom stereocenters. The number of nitrogens with zero attached hydrogens (tertiary/aromatic N) is 2. The van der Waals surface area contributed by atoms with E-state index in [1.807, 2.05) is 12.1 Å². The maximum atomic E-state index is 13.2. The van der Waals surface area contributed by atoms with Crippen molar-refractivity contribution < 1.29 is 13.9 Å². The van der Waals surface area contributed by atoms with E-state index in [9.17, 15) is 4.39 Å². The topological polar surface area (TPSA) is 46.6 Å². The second-order valence-corrected chi connectivity index (χ2v) is 12.4. The van der Waals surface area contributed by atoms with Crippen molar-refractivity contribution in [2.75, 3.05) is 49.7 Å². The van der Waals surface area contributed by atoms with Crippen LogP contribution >= 0.6 is 0 Å². The van der Waals surface area contributed by atoms with Gasteiger partial charge in [0.1, 0.15) is 17.4 Å². The molecule has 2 aliphatic heterocycles. The fraction of sp³-hybridized carbons (Fsp3) is 0.514. The highest BCUT2D eigenvalue weighted by molar-refractivity contribution is 5.90. The number of pyridine rings is 1. The number of aromatic nitrogens is 1. The molecule has 5 rings (SSSR count). The van der Waals surface area contributed by atoms with Gasteiger partial charge in [-0.3, -0.25) is 0 Å². The Morgan fingerprint density at radius 3 is 2.37 bits per heavy atom. The fourth-order valence-corrected chi connectivity index (χ4v) is 6.08. The highest BCUT2D eigenvalue weighted by Crippen LogP contribution is 2.44. The van der Waals surface area contributed by atoms with Gasteiger partial charge in [0, 0.05) is 50.5 Å². The first-order chi connectivity index (χ1) is 19.8. The van der Waals surface area contributed by atoms with Gasteiger partial charge >= 0.3 is 0 Å². The molecule has 0 atom stereocenters. The lowest BCUT2D eigenvalue weighted by atomic mass is 9.82. The minimum absolute atomic E-state index is 0.212. The third-order valence-electron chi connectivity index (χ3n) is 8.88. The summed E-state index contributed by atoms with van der Waals surface area (Å²) in [6, 6.07) is 15.1. The molecule has 1 aromatic heterocycles. The smallest absolute Gasteiger partial charge is 0.136 e. The van der Waals surface area contributed by atoms with Gasteiger partial charge in [0.2, 0.25) is 0 Å². The van der Waals surface area contributed by atoms with Crippen LogP contribution in [0.4, 0.5) is 15.9 Å². The molecule has 0 aliphatic carbocycles. The minimum atomic E-state index is -0.212. The molecule has 2 aromatic carbocycles. The average Bonchev–Trinajstić information content (AvgIpc) is 2.98. The van der Waals surface area contributed by atoms with Crippen LogP contribution in [-0.4, -0.2) is 44.4 Å². The van der Waals surface area contributed by atoms with Gasteiger partial charge in [0.05, 0.1) is 12.3 Å². The SMILES string of the molecule is CCc1c(C)nc(NCC2CCOCC2)c(-c2ccc(OCCc3ccc(F)cc3)cc2)c1N1CCC(C)(C)CC1. The molecule has 5 nitrogen and oxygen atoms in total. The van der Waals surface area contributed by atoms with Gasteiger partial charge in [0.25, 0.3) is 0 Å². The Hall–Kier alpha value is -3.12. The molecule has 2 aliphatic rings. The number of rotatable bonds is 10. The lowest BCUT2D eigenvalue weighted by Crippen LogP contribution is -2.38. The number of nitrogens with one attached hydrogen (secondary N) is 1. The molecule has 3 heterocycles. The van der Waals surface area contributed by atoms with Crippen molar-refractivity contribution in [3.8, 4) is 16.9 Å². The van der Waals surface area contributed by atoms with E-state index in [1.165, 1.54) is 41.8 Å². The molecule has 0 bridgehead atoms. The van der Waals surface area contributed by atoms with Crippen LogP contribution in [0.25, 0.3) is 11.1 Å². The third kappa shape index (κ3) is 7.40. The van der Waals surface area contributed by atoms with E-state index >= 15 is 0 Å². The first kappa shape index (κ1) is 29.4. The van der Waals surface area contributed by atoms with Crippen molar-refractivity contribution in [2.45, 2.75) is 66.2 Å². The first-order valence-electron chi connectivity index (χ1n) is 15.4. The largest absolute Gasteiger partial charge is 0.493 e. The second kappa shape index (κ2) is 13.2. The number of hydrogen-bond acceptors (Lipinski definition) is 5. The monoisotopic (exact) mass is 559 g/mol. The third-order valence-corrected chi connectivity index (χ3v) is 8.88. The summed E-state index contributed by atoms with van der Waals surface area (Å²) < 4.78 is 24.9. The average molecular weight is 560 g/mol. The van der Waals surface area contributed by atoms with Crippen molar-refractivity contribution >= 4 is 11.5 Å². The Bertz CT molecular complexity index is 1270. The molecule has 0 saturated carbocycles. The molecule has 2 saturated heterocycles. The lowest BCUT2D eigenvalue weighted by molar-refractivity contribution is 0.0699. The molecule has 0 amide bonds. The van der Waals surface area contributed by atoms with Crippen molar-refractivity contribution in [1.29, 1.82) is 0 Å². The summed E-state index contributed by atoms with van der Waals surface area (Å²) in [6.45, 7) is 14.4. The van der Waals surface area contributed by atoms with E-state index in [0.717, 1.165) is 86.9 Å². The predicted molar refractivity (Wildman–Crippen MR) is 167 cm³/mol. The Kier molecular flexibility index (Phi) is 9.49. The summed E-state index contributed by atoms with van der Waals surface area (Å²) in [5, 5.41) is 3.79. The van der Waals surface area contributed by atoms with Gasteiger partial charge in [-0.2, -0.15) is 0 Å². The molecule has 3 aromatic rings. The van der Waals surface area contributed by atoms with Crippen LogP contribution in [0, 0.1) is 24.1 Å². The second-order valence-electron chi connectivity index (χ2n) is 12.4. The summed E-state index contributed by atoms with van der Waals surface area (Å²) in [5.74, 6) is 2.21. The van der Waals surface area contributed by atoms with Crippen molar-refractivity contribution in [3.05, 3.63) is 71.2 Å². The maximum Gasteiger partial charge on any atom is 0.136 e. The van der Waals surface area contributed by atoms with Gasteiger partial charge < -0.3 is 19.7 Å². The number of hydrogen-bond donors (Lipinski definition) is 1. The normalized spacial score (nSPS) is 17.4. The molecule has 0 spiro atoms. The Morgan fingerprint density at radius 1 is 1.02 bits per heavy atom. The molecule has 6 heteroatoms. The molecule has 2 fully saturated rings. The summed E-state index contributed by atoms with van der Waals surface area (Å²) in [5.41, 5.74) is 7.61. The Balaban J connectivity index is 1.43. The number of benzene rings is 2. The number of ether oxygens (including phenoxy) is 2. The first-order valence-corrected chi connectivity index (χ1v) is 15.4. The van der Waals surface area contributed by atoms with Crippen LogP contribution in [0.5, 0.6) is 5.75 Å². The van der Waals surface area contributed by atoms with E-state index in [4.69, 9.17) is 14.5 Å². The Morgan fingerprint density at radius 2 is 1.71 bits per heavy atom. The molecular formula is C35H46FN3O2. The molecular weight excluding hydrogens is 513 g/mol. The minimum Gasteiger partial charge on any atom is -0.493 e. The van der Waals surface area contributed by atoms with Crippen LogP contribution in [0.15, 0.2) is 48.5 Å². The van der Waals surface area contributed by atoms with Gasteiger partial charge in [-0.05, 0) is 91.3 Å².